The summed E-state index contributed by atoms with van der Waals surface area (Å²) < 4.78 is 3.67. The van der Waals surface area contributed by atoms with Crippen LogP contribution in [0.5, 0.6) is 0 Å². The van der Waals surface area contributed by atoms with Crippen LogP contribution in [0.25, 0.3) is 42.4 Å². The molecule has 27 heavy (non-hydrogen) atoms. The van der Waals surface area contributed by atoms with E-state index in [2.05, 4.69) is 88.7 Å². The second-order valence-electron chi connectivity index (χ2n) is 6.45. The Kier molecular flexibility index (Phi) is 4.28. The molecule has 0 radical (unpaired) electrons. The lowest BCUT2D eigenvalue weighted by molar-refractivity contribution is 1.58. The van der Waals surface area contributed by atoms with E-state index in [1.165, 1.54) is 42.4 Å². The number of hydrogen-bond acceptors (Lipinski definition) is 1. The summed E-state index contributed by atoms with van der Waals surface area (Å²) in [6, 6.07) is 29.7. The Morgan fingerprint density at radius 2 is 1.30 bits per heavy atom. The van der Waals surface area contributed by atoms with Gasteiger partial charge in [-0.3, -0.25) is 0 Å². The summed E-state index contributed by atoms with van der Waals surface area (Å²) in [5.41, 5.74) is 4.94. The number of benzene rings is 4. The maximum Gasteiger partial charge on any atom is 0.0434 e. The first-order valence-corrected chi connectivity index (χ1v) is 10.7. The minimum absolute atomic E-state index is 0.779. The van der Waals surface area contributed by atoms with Crippen LogP contribution in [0.4, 0.5) is 0 Å². The van der Waals surface area contributed by atoms with E-state index < -0.39 is 0 Å². The fourth-order valence-electron chi connectivity index (χ4n) is 3.62. The third-order valence-corrected chi connectivity index (χ3v) is 6.99. The zero-order chi connectivity index (χ0) is 18.4. The van der Waals surface area contributed by atoms with Gasteiger partial charge in [-0.05, 0) is 41.0 Å². The molecule has 0 atom stereocenters. The monoisotopic (exact) mass is 448 g/mol. The number of fused-ring (bicyclic) bond motifs is 3. The maximum atomic E-state index is 6.25. The van der Waals surface area contributed by atoms with Crippen molar-refractivity contribution in [2.24, 2.45) is 0 Å². The van der Waals surface area contributed by atoms with Gasteiger partial charge in [0.2, 0.25) is 0 Å². The molecule has 0 bridgehead atoms. The normalized spacial score (nSPS) is 11.3. The van der Waals surface area contributed by atoms with Crippen LogP contribution in [0, 0.1) is 0 Å². The molecule has 0 unspecified atom stereocenters. The van der Waals surface area contributed by atoms with Crippen molar-refractivity contribution in [3.05, 3.63) is 94.4 Å². The largest absolute Gasteiger partial charge is 0.135 e. The Balaban J connectivity index is 1.83. The zero-order valence-corrected chi connectivity index (χ0v) is 17.4. The molecule has 5 rings (SSSR count). The molecule has 3 heteroatoms. The smallest absolute Gasteiger partial charge is 0.0434 e. The zero-order valence-electron chi connectivity index (χ0n) is 14.2. The molecule has 4 aromatic carbocycles. The average molecular weight is 450 g/mol. The first kappa shape index (κ1) is 17.0. The fraction of sp³-hybridized carbons (Fsp3) is 0. The van der Waals surface area contributed by atoms with Crippen LogP contribution in [-0.2, 0) is 0 Å². The number of rotatable bonds is 2. The topological polar surface area (TPSA) is 0 Å². The molecule has 0 saturated carbocycles. The number of halogens is 2. The lowest BCUT2D eigenvalue weighted by atomic mass is 9.94. The van der Waals surface area contributed by atoms with Gasteiger partial charge in [0.1, 0.15) is 0 Å². The Hall–Kier alpha value is -2.13. The van der Waals surface area contributed by atoms with Gasteiger partial charge < -0.3 is 0 Å². The summed E-state index contributed by atoms with van der Waals surface area (Å²) in [5, 5.41) is 3.26. The van der Waals surface area contributed by atoms with Gasteiger partial charge in [-0.1, -0.05) is 88.2 Å². The Bertz CT molecular complexity index is 1300. The van der Waals surface area contributed by atoms with Crippen LogP contribution < -0.4 is 0 Å². The Labute approximate surface area is 175 Å². The van der Waals surface area contributed by atoms with E-state index >= 15 is 0 Å². The molecule has 1 aromatic heterocycles. The maximum absolute atomic E-state index is 6.25. The summed E-state index contributed by atoms with van der Waals surface area (Å²) in [6.45, 7) is 0. The van der Waals surface area contributed by atoms with E-state index in [0.29, 0.717) is 0 Å². The highest BCUT2D eigenvalue weighted by atomic mass is 79.9. The van der Waals surface area contributed by atoms with Crippen molar-refractivity contribution in [2.75, 3.05) is 0 Å². The highest BCUT2D eigenvalue weighted by Crippen LogP contribution is 2.43. The summed E-state index contributed by atoms with van der Waals surface area (Å²) in [6.07, 6.45) is 0. The van der Waals surface area contributed by atoms with Crippen LogP contribution in [0.15, 0.2) is 89.4 Å². The van der Waals surface area contributed by atoms with E-state index in [1.54, 1.807) is 0 Å². The summed E-state index contributed by atoms with van der Waals surface area (Å²) in [7, 11) is 0. The SMILES string of the molecule is Clc1ccc2sc3c(-c4ccccc4-c4ccccc4Br)cccc3c2c1. The molecule has 0 spiro atoms. The van der Waals surface area contributed by atoms with Gasteiger partial charge in [0.15, 0.2) is 0 Å². The Morgan fingerprint density at radius 1 is 0.630 bits per heavy atom. The molecule has 0 fully saturated rings. The molecule has 0 aliphatic rings. The first-order valence-electron chi connectivity index (χ1n) is 8.67. The standard InChI is InChI=1S/C24H14BrClS/c25-22-11-4-3-8-18(22)16-6-1-2-7-17(16)19-9-5-10-20-21-14-15(26)12-13-23(21)27-24(19)20/h1-14H. The molecule has 0 N–H and O–H groups in total. The van der Waals surface area contributed by atoms with Gasteiger partial charge in [0, 0.05) is 35.2 Å². The molecule has 5 aromatic rings. The molecular weight excluding hydrogens is 436 g/mol. The van der Waals surface area contributed by atoms with Crippen molar-refractivity contribution in [1.82, 2.24) is 0 Å². The van der Waals surface area contributed by atoms with Gasteiger partial charge in [-0.25, -0.2) is 0 Å². The van der Waals surface area contributed by atoms with Crippen LogP contribution in [0.3, 0.4) is 0 Å². The van der Waals surface area contributed by atoms with Crippen molar-refractivity contribution in [2.45, 2.75) is 0 Å². The third-order valence-electron chi connectivity index (χ3n) is 4.84. The van der Waals surface area contributed by atoms with Gasteiger partial charge >= 0.3 is 0 Å². The average Bonchev–Trinajstić information content (AvgIpc) is 3.06. The third kappa shape index (κ3) is 2.89. The summed E-state index contributed by atoms with van der Waals surface area (Å²) >= 11 is 11.8. The van der Waals surface area contributed by atoms with Crippen LogP contribution >= 0.6 is 38.9 Å². The second kappa shape index (κ2) is 6.79. The second-order valence-corrected chi connectivity index (χ2v) is 8.79. The number of thiophene rings is 1. The highest BCUT2D eigenvalue weighted by Gasteiger charge is 2.14. The molecule has 0 saturated heterocycles. The van der Waals surface area contributed by atoms with Crippen molar-refractivity contribution in [1.29, 1.82) is 0 Å². The van der Waals surface area contributed by atoms with Gasteiger partial charge in [0.25, 0.3) is 0 Å². The van der Waals surface area contributed by atoms with E-state index in [-0.39, 0.29) is 0 Å². The minimum Gasteiger partial charge on any atom is -0.135 e. The van der Waals surface area contributed by atoms with Crippen LogP contribution in [0.1, 0.15) is 0 Å². The minimum atomic E-state index is 0.779. The van der Waals surface area contributed by atoms with E-state index in [9.17, 15) is 0 Å². The molecule has 0 nitrogen and oxygen atoms in total. The Morgan fingerprint density at radius 3 is 2.07 bits per heavy atom. The predicted octanol–water partition coefficient (Wildman–Crippen LogP) is 8.80. The first-order chi connectivity index (χ1) is 13.2. The quantitative estimate of drug-likeness (QED) is 0.252. The molecule has 0 amide bonds. The fourth-order valence-corrected chi connectivity index (χ4v) is 5.50. The molecular formula is C24H14BrClS. The van der Waals surface area contributed by atoms with Crippen LogP contribution in [0.2, 0.25) is 5.02 Å². The van der Waals surface area contributed by atoms with Gasteiger partial charge in [-0.15, -0.1) is 11.3 Å². The van der Waals surface area contributed by atoms with Crippen molar-refractivity contribution < 1.29 is 0 Å². The highest BCUT2D eigenvalue weighted by molar-refractivity contribution is 9.10. The lowest BCUT2D eigenvalue weighted by Gasteiger charge is -2.12. The van der Waals surface area contributed by atoms with E-state index in [1.807, 2.05) is 23.5 Å². The van der Waals surface area contributed by atoms with Gasteiger partial charge in [0.05, 0.1) is 0 Å². The molecule has 130 valence electrons. The van der Waals surface area contributed by atoms with Crippen molar-refractivity contribution in [3.63, 3.8) is 0 Å². The van der Waals surface area contributed by atoms with Crippen molar-refractivity contribution in [3.8, 4) is 22.3 Å². The van der Waals surface area contributed by atoms with Crippen molar-refractivity contribution >= 4 is 59.0 Å². The number of hydrogen-bond donors (Lipinski definition) is 0. The molecule has 0 aliphatic carbocycles. The lowest BCUT2D eigenvalue weighted by Crippen LogP contribution is -1.86. The van der Waals surface area contributed by atoms with E-state index in [0.717, 1.165) is 9.50 Å². The molecule has 0 aliphatic heterocycles. The van der Waals surface area contributed by atoms with E-state index in [4.69, 9.17) is 11.6 Å². The molecule has 1 heterocycles. The summed E-state index contributed by atoms with van der Waals surface area (Å²) in [4.78, 5) is 0. The van der Waals surface area contributed by atoms with Gasteiger partial charge in [-0.2, -0.15) is 0 Å². The summed E-state index contributed by atoms with van der Waals surface area (Å²) in [5.74, 6) is 0. The predicted molar refractivity (Wildman–Crippen MR) is 123 cm³/mol. The van der Waals surface area contributed by atoms with Crippen LogP contribution in [-0.4, -0.2) is 0 Å².